The fourth-order valence-corrected chi connectivity index (χ4v) is 2.31. The highest BCUT2D eigenvalue weighted by Gasteiger charge is 2.16. The molecule has 0 atom stereocenters. The highest BCUT2D eigenvalue weighted by molar-refractivity contribution is 7.71. The number of nitrogens with one attached hydrogen (secondary N) is 1. The standard InChI is InChI=1S/C13H7F3N2S/c14-7-3-2-6-10-11(7)17-13(19)18(10)12-8(15)4-1-5-9(12)16/h1-6H,(H,17,19). The van der Waals surface area contributed by atoms with Crippen LogP contribution in [0, 0.1) is 22.2 Å². The predicted octanol–water partition coefficient (Wildman–Crippen LogP) is 4.11. The van der Waals surface area contributed by atoms with Gasteiger partial charge in [0.2, 0.25) is 0 Å². The Labute approximate surface area is 111 Å². The molecule has 19 heavy (non-hydrogen) atoms. The van der Waals surface area contributed by atoms with Gasteiger partial charge in [-0.15, -0.1) is 0 Å². The number of aromatic nitrogens is 2. The Bertz CT molecular complexity index is 815. The maximum atomic E-state index is 13.8. The first kappa shape index (κ1) is 12.0. The smallest absolute Gasteiger partial charge is 0.183 e. The van der Waals surface area contributed by atoms with E-state index in [4.69, 9.17) is 12.2 Å². The first-order valence-electron chi connectivity index (χ1n) is 5.43. The highest BCUT2D eigenvalue weighted by atomic mass is 32.1. The van der Waals surface area contributed by atoms with Crippen LogP contribution in [-0.2, 0) is 0 Å². The molecule has 6 heteroatoms. The zero-order valence-electron chi connectivity index (χ0n) is 9.45. The lowest BCUT2D eigenvalue weighted by Gasteiger charge is -2.07. The fourth-order valence-electron chi connectivity index (χ4n) is 2.02. The van der Waals surface area contributed by atoms with Crippen molar-refractivity contribution in [2.75, 3.05) is 0 Å². The molecule has 0 fully saturated rings. The predicted molar refractivity (Wildman–Crippen MR) is 68.3 cm³/mol. The molecule has 0 unspecified atom stereocenters. The van der Waals surface area contributed by atoms with Gasteiger partial charge in [-0.05, 0) is 36.5 Å². The largest absolute Gasteiger partial charge is 0.328 e. The van der Waals surface area contributed by atoms with Gasteiger partial charge in [-0.2, -0.15) is 0 Å². The molecule has 1 N–H and O–H groups in total. The molecule has 2 aromatic carbocycles. The van der Waals surface area contributed by atoms with Gasteiger partial charge in [0.05, 0.1) is 5.52 Å². The Morgan fingerprint density at radius 3 is 2.16 bits per heavy atom. The normalized spacial score (nSPS) is 11.1. The molecule has 3 rings (SSSR count). The van der Waals surface area contributed by atoms with Gasteiger partial charge in [0.25, 0.3) is 0 Å². The van der Waals surface area contributed by atoms with Gasteiger partial charge >= 0.3 is 0 Å². The monoisotopic (exact) mass is 280 g/mol. The number of nitrogens with zero attached hydrogens (tertiary/aromatic N) is 1. The van der Waals surface area contributed by atoms with Crippen molar-refractivity contribution in [1.29, 1.82) is 0 Å². The van der Waals surface area contributed by atoms with Crippen LogP contribution < -0.4 is 0 Å². The van der Waals surface area contributed by atoms with Crippen molar-refractivity contribution in [3.05, 3.63) is 58.6 Å². The van der Waals surface area contributed by atoms with Crippen molar-refractivity contribution in [3.63, 3.8) is 0 Å². The molecular formula is C13H7F3N2S. The lowest BCUT2D eigenvalue weighted by molar-refractivity contribution is 0.570. The number of fused-ring (bicyclic) bond motifs is 1. The van der Waals surface area contributed by atoms with E-state index in [0.717, 1.165) is 16.7 Å². The van der Waals surface area contributed by atoms with E-state index in [-0.39, 0.29) is 21.5 Å². The third-order valence-corrected chi connectivity index (χ3v) is 3.11. The summed E-state index contributed by atoms with van der Waals surface area (Å²) in [6.45, 7) is 0. The molecule has 3 aromatic rings. The maximum Gasteiger partial charge on any atom is 0.183 e. The van der Waals surface area contributed by atoms with E-state index in [1.807, 2.05) is 0 Å². The summed E-state index contributed by atoms with van der Waals surface area (Å²) in [7, 11) is 0. The number of hydrogen-bond acceptors (Lipinski definition) is 1. The summed E-state index contributed by atoms with van der Waals surface area (Å²) in [4.78, 5) is 2.62. The second kappa shape index (κ2) is 4.24. The Hall–Kier alpha value is -2.08. The van der Waals surface area contributed by atoms with Crippen molar-refractivity contribution >= 4 is 23.3 Å². The van der Waals surface area contributed by atoms with Crippen LogP contribution >= 0.6 is 12.2 Å². The van der Waals surface area contributed by atoms with E-state index in [1.165, 1.54) is 24.3 Å². The van der Waals surface area contributed by atoms with Crippen molar-refractivity contribution in [2.45, 2.75) is 0 Å². The Morgan fingerprint density at radius 1 is 0.895 bits per heavy atom. The molecule has 2 nitrogen and oxygen atoms in total. The average molecular weight is 280 g/mol. The highest BCUT2D eigenvalue weighted by Crippen LogP contribution is 2.25. The van der Waals surface area contributed by atoms with Crippen molar-refractivity contribution < 1.29 is 13.2 Å². The maximum absolute atomic E-state index is 13.8. The van der Waals surface area contributed by atoms with E-state index >= 15 is 0 Å². The first-order chi connectivity index (χ1) is 9.09. The van der Waals surface area contributed by atoms with E-state index in [9.17, 15) is 13.2 Å². The summed E-state index contributed by atoms with van der Waals surface area (Å²) in [5, 5.41) is 0. The Morgan fingerprint density at radius 2 is 1.47 bits per heavy atom. The van der Waals surface area contributed by atoms with Gasteiger partial charge in [-0.3, -0.25) is 4.57 Å². The second-order valence-electron chi connectivity index (χ2n) is 3.97. The van der Waals surface area contributed by atoms with Gasteiger partial charge in [0, 0.05) is 0 Å². The van der Waals surface area contributed by atoms with Crippen LogP contribution in [0.5, 0.6) is 0 Å². The van der Waals surface area contributed by atoms with Crippen molar-refractivity contribution in [2.24, 2.45) is 0 Å². The minimum atomic E-state index is -0.763. The topological polar surface area (TPSA) is 20.7 Å². The van der Waals surface area contributed by atoms with E-state index in [0.29, 0.717) is 0 Å². The Kier molecular flexibility index (Phi) is 2.67. The van der Waals surface area contributed by atoms with Gasteiger partial charge in [0.15, 0.2) is 4.77 Å². The van der Waals surface area contributed by atoms with Gasteiger partial charge in [-0.25, -0.2) is 13.2 Å². The fraction of sp³-hybridized carbons (Fsp3) is 0. The number of H-pyrrole nitrogens is 1. The zero-order valence-corrected chi connectivity index (χ0v) is 10.3. The zero-order chi connectivity index (χ0) is 13.6. The van der Waals surface area contributed by atoms with Crippen LogP contribution in [0.15, 0.2) is 36.4 Å². The molecule has 96 valence electrons. The quantitative estimate of drug-likeness (QED) is 0.665. The molecule has 0 aliphatic rings. The van der Waals surface area contributed by atoms with E-state index in [2.05, 4.69) is 4.98 Å². The summed E-state index contributed by atoms with van der Waals surface area (Å²) in [6.07, 6.45) is 0. The van der Waals surface area contributed by atoms with Crippen molar-refractivity contribution in [3.8, 4) is 5.69 Å². The molecule has 1 aromatic heterocycles. The molecule has 0 bridgehead atoms. The summed E-state index contributed by atoms with van der Waals surface area (Å²) < 4.78 is 42.4. The Balaban J connectivity index is 2.47. The van der Waals surface area contributed by atoms with Gasteiger partial charge in [-0.1, -0.05) is 12.1 Å². The molecule has 0 spiro atoms. The van der Waals surface area contributed by atoms with Crippen LogP contribution in [0.3, 0.4) is 0 Å². The van der Waals surface area contributed by atoms with Crippen LogP contribution in [0.4, 0.5) is 13.2 Å². The molecule has 0 radical (unpaired) electrons. The third kappa shape index (κ3) is 1.76. The molecule has 0 aliphatic carbocycles. The lowest BCUT2D eigenvalue weighted by atomic mass is 10.2. The number of imidazole rings is 1. The number of rotatable bonds is 1. The van der Waals surface area contributed by atoms with E-state index < -0.39 is 17.5 Å². The van der Waals surface area contributed by atoms with Crippen LogP contribution in [-0.4, -0.2) is 9.55 Å². The summed E-state index contributed by atoms with van der Waals surface area (Å²) in [5.74, 6) is -2.05. The second-order valence-corrected chi connectivity index (χ2v) is 4.36. The number of aromatic amines is 1. The molecule has 0 saturated heterocycles. The number of benzene rings is 2. The number of para-hydroxylation sites is 2. The molecule has 0 aliphatic heterocycles. The van der Waals surface area contributed by atoms with Crippen LogP contribution in [0.2, 0.25) is 0 Å². The summed E-state index contributed by atoms with van der Waals surface area (Å²) in [5.41, 5.74) is 0.0912. The molecule has 1 heterocycles. The van der Waals surface area contributed by atoms with Crippen LogP contribution in [0.25, 0.3) is 16.7 Å². The number of halogens is 3. The SMILES string of the molecule is Fc1cccc(F)c1-n1c(=S)[nH]c2c(F)cccc21. The van der Waals surface area contributed by atoms with Crippen LogP contribution in [0.1, 0.15) is 0 Å². The van der Waals surface area contributed by atoms with E-state index in [1.54, 1.807) is 0 Å². The van der Waals surface area contributed by atoms with Crippen molar-refractivity contribution in [1.82, 2.24) is 9.55 Å². The first-order valence-corrected chi connectivity index (χ1v) is 5.84. The molecular weight excluding hydrogens is 273 g/mol. The number of hydrogen-bond donors (Lipinski definition) is 1. The summed E-state index contributed by atoms with van der Waals surface area (Å²) >= 11 is 5.02. The third-order valence-electron chi connectivity index (χ3n) is 2.83. The molecule has 0 saturated carbocycles. The minimum absolute atomic E-state index is 0.0316. The average Bonchev–Trinajstić information content (AvgIpc) is 2.68. The summed E-state index contributed by atoms with van der Waals surface area (Å²) in [6, 6.07) is 7.74. The molecule has 0 amide bonds. The van der Waals surface area contributed by atoms with Gasteiger partial charge in [0.1, 0.15) is 28.7 Å². The minimum Gasteiger partial charge on any atom is -0.328 e. The lowest BCUT2D eigenvalue weighted by Crippen LogP contribution is -2.01. The van der Waals surface area contributed by atoms with Gasteiger partial charge < -0.3 is 4.98 Å².